The molecule has 4 aliphatic rings. The third kappa shape index (κ3) is 4.37. The lowest BCUT2D eigenvalue weighted by molar-refractivity contribution is -0.152. The molecule has 0 aromatic heterocycles. The smallest absolute Gasteiger partial charge is 0.325 e. The van der Waals surface area contributed by atoms with Gasteiger partial charge in [-0.05, 0) is 73.8 Å². The summed E-state index contributed by atoms with van der Waals surface area (Å²) in [6.07, 6.45) is 6.67. The predicted octanol–water partition coefficient (Wildman–Crippen LogP) is 3.62. The maximum absolute atomic E-state index is 12.9. The van der Waals surface area contributed by atoms with Crippen LogP contribution in [0, 0.1) is 23.2 Å². The molecule has 2 amide bonds. The van der Waals surface area contributed by atoms with E-state index >= 15 is 0 Å². The molecular weight excluding hydrogens is 380 g/mol. The Kier molecular flexibility index (Phi) is 5.85. The standard InChI is InChI=1S/C24H32N2O4/c1-15(2)19-5-3-4-6-20(19)26-21(27)14-30-22(28)13-25-23(29)24-10-16-7-17(11-24)9-18(8-16)12-24/h3-6,15-18H,7-14H2,1-2H3,(H,25,29)(H,26,27). The Hall–Kier alpha value is -2.37. The van der Waals surface area contributed by atoms with E-state index in [1.807, 2.05) is 24.3 Å². The Morgan fingerprint density at radius 3 is 2.23 bits per heavy atom. The number of para-hydroxylation sites is 1. The average molecular weight is 413 g/mol. The average Bonchev–Trinajstić information content (AvgIpc) is 2.69. The van der Waals surface area contributed by atoms with Gasteiger partial charge in [-0.15, -0.1) is 0 Å². The van der Waals surface area contributed by atoms with E-state index in [4.69, 9.17) is 4.74 Å². The number of carbonyl (C=O) groups excluding carboxylic acids is 3. The first-order valence-corrected chi connectivity index (χ1v) is 11.2. The molecule has 0 unspecified atom stereocenters. The molecule has 6 nitrogen and oxygen atoms in total. The lowest BCUT2D eigenvalue weighted by Gasteiger charge is -2.55. The number of anilines is 1. The Labute approximate surface area is 178 Å². The largest absolute Gasteiger partial charge is 0.454 e. The molecular formula is C24H32N2O4. The first-order chi connectivity index (χ1) is 14.3. The van der Waals surface area contributed by atoms with Crippen molar-refractivity contribution in [1.29, 1.82) is 0 Å². The number of amides is 2. The molecule has 5 rings (SSSR count). The van der Waals surface area contributed by atoms with Crippen molar-refractivity contribution in [2.45, 2.75) is 58.3 Å². The number of nitrogens with one attached hydrogen (secondary N) is 2. The molecule has 6 heteroatoms. The van der Waals surface area contributed by atoms with Crippen LogP contribution in [0.4, 0.5) is 5.69 Å². The van der Waals surface area contributed by atoms with Gasteiger partial charge < -0.3 is 15.4 Å². The van der Waals surface area contributed by atoms with Crippen molar-refractivity contribution in [3.8, 4) is 0 Å². The highest BCUT2D eigenvalue weighted by Gasteiger charge is 2.54. The van der Waals surface area contributed by atoms with Crippen molar-refractivity contribution in [1.82, 2.24) is 5.32 Å². The van der Waals surface area contributed by atoms with E-state index in [9.17, 15) is 14.4 Å². The van der Waals surface area contributed by atoms with Gasteiger partial charge in [-0.25, -0.2) is 0 Å². The van der Waals surface area contributed by atoms with Crippen LogP contribution in [0.25, 0.3) is 0 Å². The van der Waals surface area contributed by atoms with Crippen LogP contribution in [0.2, 0.25) is 0 Å². The summed E-state index contributed by atoms with van der Waals surface area (Å²) in [7, 11) is 0. The van der Waals surface area contributed by atoms with E-state index in [2.05, 4.69) is 24.5 Å². The molecule has 0 spiro atoms. The van der Waals surface area contributed by atoms with Crippen LogP contribution >= 0.6 is 0 Å². The van der Waals surface area contributed by atoms with E-state index in [0.29, 0.717) is 17.8 Å². The topological polar surface area (TPSA) is 84.5 Å². The zero-order valence-electron chi connectivity index (χ0n) is 17.9. The fourth-order valence-corrected chi connectivity index (χ4v) is 6.23. The van der Waals surface area contributed by atoms with Gasteiger partial charge in [0.05, 0.1) is 0 Å². The molecule has 4 bridgehead atoms. The normalized spacial score (nSPS) is 29.0. The molecule has 162 valence electrons. The molecule has 0 radical (unpaired) electrons. The van der Waals surface area contributed by atoms with Gasteiger partial charge in [0.25, 0.3) is 5.91 Å². The molecule has 4 fully saturated rings. The summed E-state index contributed by atoms with van der Waals surface area (Å²) in [5.41, 5.74) is 1.47. The minimum absolute atomic E-state index is 0.00568. The molecule has 0 atom stereocenters. The molecule has 1 aromatic carbocycles. The van der Waals surface area contributed by atoms with Crippen molar-refractivity contribution in [3.05, 3.63) is 29.8 Å². The van der Waals surface area contributed by atoms with E-state index in [-0.39, 0.29) is 36.3 Å². The number of hydrogen-bond acceptors (Lipinski definition) is 4. The Morgan fingerprint density at radius 1 is 1.03 bits per heavy atom. The highest BCUT2D eigenvalue weighted by atomic mass is 16.5. The number of ether oxygens (including phenoxy) is 1. The van der Waals surface area contributed by atoms with E-state index in [0.717, 1.165) is 30.5 Å². The summed E-state index contributed by atoms with van der Waals surface area (Å²) < 4.78 is 5.08. The molecule has 4 saturated carbocycles. The number of rotatable bonds is 7. The van der Waals surface area contributed by atoms with Gasteiger partial charge in [-0.2, -0.15) is 0 Å². The highest BCUT2D eigenvalue weighted by Crippen LogP contribution is 2.60. The Bertz CT molecular complexity index is 797. The SMILES string of the molecule is CC(C)c1ccccc1NC(=O)COC(=O)CNC(=O)C12CC3CC(CC(C3)C1)C2. The molecule has 0 saturated heterocycles. The van der Waals surface area contributed by atoms with Crippen LogP contribution in [0.5, 0.6) is 0 Å². The molecule has 0 heterocycles. The van der Waals surface area contributed by atoms with Crippen molar-refractivity contribution >= 4 is 23.5 Å². The number of esters is 1. The number of benzene rings is 1. The summed E-state index contributed by atoms with van der Waals surface area (Å²) in [5, 5.41) is 5.59. The summed E-state index contributed by atoms with van der Waals surface area (Å²) in [5.74, 6) is 1.31. The first-order valence-electron chi connectivity index (χ1n) is 11.2. The van der Waals surface area contributed by atoms with Crippen LogP contribution in [-0.2, 0) is 19.1 Å². The minimum atomic E-state index is -0.583. The zero-order valence-corrected chi connectivity index (χ0v) is 17.9. The van der Waals surface area contributed by atoms with Crippen LogP contribution in [-0.4, -0.2) is 30.9 Å². The summed E-state index contributed by atoms with van der Waals surface area (Å²) in [6.45, 7) is 3.56. The first kappa shape index (κ1) is 20.9. The van der Waals surface area contributed by atoms with Gasteiger partial charge in [-0.3, -0.25) is 14.4 Å². The maximum atomic E-state index is 12.9. The second-order valence-corrected chi connectivity index (χ2v) is 9.83. The molecule has 0 aliphatic heterocycles. The van der Waals surface area contributed by atoms with Gasteiger partial charge in [0.15, 0.2) is 6.61 Å². The van der Waals surface area contributed by atoms with Crippen LogP contribution < -0.4 is 10.6 Å². The summed E-state index contributed by atoms with van der Waals surface area (Å²) in [6, 6.07) is 7.58. The van der Waals surface area contributed by atoms with Crippen molar-refractivity contribution in [3.63, 3.8) is 0 Å². The molecule has 1 aromatic rings. The van der Waals surface area contributed by atoms with Crippen LogP contribution in [0.15, 0.2) is 24.3 Å². The highest BCUT2D eigenvalue weighted by molar-refractivity contribution is 5.94. The zero-order chi connectivity index (χ0) is 21.3. The fourth-order valence-electron chi connectivity index (χ4n) is 6.23. The molecule has 2 N–H and O–H groups in total. The Balaban J connectivity index is 1.23. The summed E-state index contributed by atoms with van der Waals surface area (Å²) >= 11 is 0. The number of carbonyl (C=O) groups is 3. The van der Waals surface area contributed by atoms with Crippen molar-refractivity contribution < 1.29 is 19.1 Å². The van der Waals surface area contributed by atoms with Gasteiger partial charge in [0.2, 0.25) is 5.91 Å². The third-order valence-corrected chi connectivity index (χ3v) is 7.13. The maximum Gasteiger partial charge on any atom is 0.325 e. The summed E-state index contributed by atoms with van der Waals surface area (Å²) in [4.78, 5) is 37.2. The van der Waals surface area contributed by atoms with Crippen LogP contribution in [0.3, 0.4) is 0 Å². The van der Waals surface area contributed by atoms with Gasteiger partial charge >= 0.3 is 5.97 Å². The van der Waals surface area contributed by atoms with Crippen molar-refractivity contribution in [2.24, 2.45) is 23.2 Å². The quantitative estimate of drug-likeness (QED) is 0.670. The monoisotopic (exact) mass is 412 g/mol. The van der Waals surface area contributed by atoms with E-state index in [1.165, 1.54) is 19.3 Å². The third-order valence-electron chi connectivity index (χ3n) is 7.13. The van der Waals surface area contributed by atoms with Gasteiger partial charge in [0.1, 0.15) is 6.54 Å². The second kappa shape index (κ2) is 8.40. The van der Waals surface area contributed by atoms with Crippen LogP contribution in [0.1, 0.15) is 63.9 Å². The molecule has 30 heavy (non-hydrogen) atoms. The van der Waals surface area contributed by atoms with Gasteiger partial charge in [0, 0.05) is 11.1 Å². The predicted molar refractivity (Wildman–Crippen MR) is 114 cm³/mol. The Morgan fingerprint density at radius 2 is 1.63 bits per heavy atom. The van der Waals surface area contributed by atoms with E-state index in [1.54, 1.807) is 0 Å². The lowest BCUT2D eigenvalue weighted by Crippen LogP contribution is -2.54. The van der Waals surface area contributed by atoms with Gasteiger partial charge in [-0.1, -0.05) is 32.0 Å². The number of hydrogen-bond donors (Lipinski definition) is 2. The molecule has 4 aliphatic carbocycles. The minimum Gasteiger partial charge on any atom is -0.454 e. The van der Waals surface area contributed by atoms with Crippen molar-refractivity contribution in [2.75, 3.05) is 18.5 Å². The second-order valence-electron chi connectivity index (χ2n) is 9.83. The fraction of sp³-hybridized carbons (Fsp3) is 0.625. The lowest BCUT2D eigenvalue weighted by atomic mass is 9.49. The van der Waals surface area contributed by atoms with E-state index < -0.39 is 5.97 Å².